The maximum atomic E-state index is 12.7. The van der Waals surface area contributed by atoms with E-state index >= 15 is 0 Å². The molecule has 0 bridgehead atoms. The summed E-state index contributed by atoms with van der Waals surface area (Å²) in [4.78, 5) is 36.4. The van der Waals surface area contributed by atoms with Crippen LogP contribution in [0.15, 0.2) is 0 Å². The Bertz CT molecular complexity index is 390. The summed E-state index contributed by atoms with van der Waals surface area (Å²) in [7, 11) is 0. The molecule has 0 aromatic rings. The first-order valence-corrected chi connectivity index (χ1v) is 8.21. The number of hydrogen-bond donors (Lipinski definition) is 2. The molecule has 22 heavy (non-hydrogen) atoms. The van der Waals surface area contributed by atoms with Crippen molar-refractivity contribution in [2.45, 2.75) is 64.8 Å². The molecule has 1 aliphatic carbocycles. The van der Waals surface area contributed by atoms with Crippen LogP contribution in [0.4, 0.5) is 0 Å². The molecule has 0 aliphatic heterocycles. The molecule has 6 nitrogen and oxygen atoms in total. The van der Waals surface area contributed by atoms with Gasteiger partial charge in [0.15, 0.2) is 0 Å². The number of carbonyl (C=O) groups is 3. The summed E-state index contributed by atoms with van der Waals surface area (Å²) in [6.07, 6.45) is 7.23. The molecule has 6 heteroatoms. The lowest BCUT2D eigenvalue weighted by Crippen LogP contribution is -2.49. The molecule has 126 valence electrons. The van der Waals surface area contributed by atoms with E-state index in [1.807, 2.05) is 0 Å². The van der Waals surface area contributed by atoms with Crippen molar-refractivity contribution in [2.75, 3.05) is 13.1 Å². The lowest BCUT2D eigenvalue weighted by molar-refractivity contribution is -0.151. The third kappa shape index (κ3) is 6.03. The molecular weight excluding hydrogens is 284 g/mol. The average molecular weight is 312 g/mol. The molecular formula is C16H28N2O4. The number of aliphatic carboxylic acids is 1. The van der Waals surface area contributed by atoms with Crippen molar-refractivity contribution >= 4 is 17.8 Å². The maximum Gasteiger partial charge on any atom is 0.326 e. The first kappa shape index (κ1) is 18.5. The molecule has 2 amide bonds. The predicted octanol–water partition coefficient (Wildman–Crippen LogP) is 1.78. The summed E-state index contributed by atoms with van der Waals surface area (Å²) in [6, 6.07) is -0.869. The monoisotopic (exact) mass is 312 g/mol. The quantitative estimate of drug-likeness (QED) is 0.783. The number of carboxylic acid groups (broad SMARTS) is 1. The third-order valence-corrected chi connectivity index (χ3v) is 4.29. The Balaban J connectivity index is 2.71. The minimum Gasteiger partial charge on any atom is -0.480 e. The molecule has 1 unspecified atom stereocenters. The van der Waals surface area contributed by atoms with Crippen molar-refractivity contribution in [1.82, 2.24) is 10.2 Å². The summed E-state index contributed by atoms with van der Waals surface area (Å²) < 4.78 is 0. The minimum atomic E-state index is -1.01. The minimum absolute atomic E-state index is 0.0813. The van der Waals surface area contributed by atoms with Crippen LogP contribution in [0.1, 0.15) is 58.8 Å². The molecule has 2 N–H and O–H groups in total. The zero-order valence-corrected chi connectivity index (χ0v) is 13.6. The van der Waals surface area contributed by atoms with Gasteiger partial charge in [0.1, 0.15) is 6.04 Å². The molecule has 1 atom stereocenters. The van der Waals surface area contributed by atoms with Crippen LogP contribution in [-0.2, 0) is 14.4 Å². The number of rotatable bonds is 6. The van der Waals surface area contributed by atoms with Gasteiger partial charge >= 0.3 is 5.97 Å². The maximum absolute atomic E-state index is 12.7. The third-order valence-electron chi connectivity index (χ3n) is 4.29. The van der Waals surface area contributed by atoms with Gasteiger partial charge in [-0.1, -0.05) is 32.1 Å². The van der Waals surface area contributed by atoms with Gasteiger partial charge in [-0.25, -0.2) is 4.79 Å². The van der Waals surface area contributed by atoms with Crippen LogP contribution >= 0.6 is 0 Å². The van der Waals surface area contributed by atoms with E-state index in [1.54, 1.807) is 0 Å². The molecule has 1 saturated carbocycles. The fraction of sp³-hybridized carbons (Fsp3) is 0.812. The van der Waals surface area contributed by atoms with E-state index < -0.39 is 12.0 Å². The fourth-order valence-corrected chi connectivity index (χ4v) is 2.92. The fourth-order valence-electron chi connectivity index (χ4n) is 2.92. The molecule has 0 saturated heterocycles. The molecule has 1 rings (SSSR count). The second kappa shape index (κ2) is 9.43. The first-order valence-electron chi connectivity index (χ1n) is 8.21. The van der Waals surface area contributed by atoms with Crippen molar-refractivity contribution in [3.05, 3.63) is 0 Å². The van der Waals surface area contributed by atoms with Crippen LogP contribution in [0.2, 0.25) is 0 Å². The largest absolute Gasteiger partial charge is 0.480 e. The summed E-state index contributed by atoms with van der Waals surface area (Å²) in [5, 5.41) is 11.9. The van der Waals surface area contributed by atoms with Crippen molar-refractivity contribution in [2.24, 2.45) is 5.92 Å². The SMILES string of the molecule is CC(=O)NCCN(C(=O)C1CCCCCCC1)C(C)C(=O)O. The Morgan fingerprint density at radius 1 is 1.14 bits per heavy atom. The number of carboxylic acids is 1. The normalized spacial score (nSPS) is 17.9. The predicted molar refractivity (Wildman–Crippen MR) is 83.3 cm³/mol. The summed E-state index contributed by atoms with van der Waals surface area (Å²) in [5.74, 6) is -1.36. The van der Waals surface area contributed by atoms with E-state index in [0.29, 0.717) is 0 Å². The van der Waals surface area contributed by atoms with Crippen molar-refractivity contribution in [1.29, 1.82) is 0 Å². The number of amides is 2. The van der Waals surface area contributed by atoms with Crippen LogP contribution < -0.4 is 5.32 Å². The van der Waals surface area contributed by atoms with E-state index in [1.165, 1.54) is 25.2 Å². The van der Waals surface area contributed by atoms with E-state index in [9.17, 15) is 19.5 Å². The van der Waals surface area contributed by atoms with Crippen molar-refractivity contribution in [3.63, 3.8) is 0 Å². The topological polar surface area (TPSA) is 86.7 Å². The van der Waals surface area contributed by atoms with Gasteiger partial charge < -0.3 is 15.3 Å². The van der Waals surface area contributed by atoms with Crippen LogP contribution in [0, 0.1) is 5.92 Å². The van der Waals surface area contributed by atoms with Crippen molar-refractivity contribution in [3.8, 4) is 0 Å². The zero-order chi connectivity index (χ0) is 16.5. The van der Waals surface area contributed by atoms with Crippen LogP contribution in [-0.4, -0.2) is 46.9 Å². The Kier molecular flexibility index (Phi) is 7.91. The summed E-state index contributed by atoms with van der Waals surface area (Å²) in [5.41, 5.74) is 0. The van der Waals surface area contributed by atoms with Gasteiger partial charge in [-0.2, -0.15) is 0 Å². The number of nitrogens with zero attached hydrogens (tertiary/aromatic N) is 1. The lowest BCUT2D eigenvalue weighted by Gasteiger charge is -2.31. The summed E-state index contributed by atoms with van der Waals surface area (Å²) in [6.45, 7) is 3.45. The highest BCUT2D eigenvalue weighted by atomic mass is 16.4. The Morgan fingerprint density at radius 3 is 2.18 bits per heavy atom. The second-order valence-corrected chi connectivity index (χ2v) is 6.07. The zero-order valence-electron chi connectivity index (χ0n) is 13.6. The molecule has 1 aliphatic rings. The van der Waals surface area contributed by atoms with Gasteiger partial charge in [-0.3, -0.25) is 9.59 Å². The van der Waals surface area contributed by atoms with Gasteiger partial charge in [-0.15, -0.1) is 0 Å². The molecule has 1 fully saturated rings. The number of nitrogens with one attached hydrogen (secondary N) is 1. The van der Waals surface area contributed by atoms with Crippen LogP contribution in [0.25, 0.3) is 0 Å². The number of carbonyl (C=O) groups excluding carboxylic acids is 2. The standard InChI is InChI=1S/C16H28N2O4/c1-12(16(21)22)18(11-10-17-13(2)19)15(20)14-8-6-4-3-5-7-9-14/h12,14H,3-11H2,1-2H3,(H,17,19)(H,21,22). The van der Waals surface area contributed by atoms with Crippen LogP contribution in [0.3, 0.4) is 0 Å². The van der Waals surface area contributed by atoms with Crippen molar-refractivity contribution < 1.29 is 19.5 Å². The lowest BCUT2D eigenvalue weighted by atomic mass is 9.90. The van der Waals surface area contributed by atoms with Gasteiger partial charge in [0, 0.05) is 25.9 Å². The smallest absolute Gasteiger partial charge is 0.326 e. The molecule has 0 radical (unpaired) electrons. The summed E-state index contributed by atoms with van der Waals surface area (Å²) >= 11 is 0. The molecule has 0 spiro atoms. The van der Waals surface area contributed by atoms with E-state index in [-0.39, 0.29) is 30.8 Å². The first-order chi connectivity index (χ1) is 10.4. The highest BCUT2D eigenvalue weighted by Gasteiger charge is 2.30. The van der Waals surface area contributed by atoms with Gasteiger partial charge in [-0.05, 0) is 19.8 Å². The van der Waals surface area contributed by atoms with Gasteiger partial charge in [0.2, 0.25) is 11.8 Å². The molecule has 0 heterocycles. The van der Waals surface area contributed by atoms with Gasteiger partial charge in [0.25, 0.3) is 0 Å². The Labute approximate surface area is 132 Å². The molecule has 0 aromatic carbocycles. The number of hydrogen-bond acceptors (Lipinski definition) is 3. The molecule has 0 aromatic heterocycles. The highest BCUT2D eigenvalue weighted by Crippen LogP contribution is 2.24. The second-order valence-electron chi connectivity index (χ2n) is 6.07. The van der Waals surface area contributed by atoms with E-state index in [4.69, 9.17) is 0 Å². The average Bonchev–Trinajstić information content (AvgIpc) is 2.41. The highest BCUT2D eigenvalue weighted by molar-refractivity contribution is 5.85. The Morgan fingerprint density at radius 2 is 1.68 bits per heavy atom. The van der Waals surface area contributed by atoms with Gasteiger partial charge in [0.05, 0.1) is 0 Å². The van der Waals surface area contributed by atoms with Crippen LogP contribution in [0.5, 0.6) is 0 Å². The Hall–Kier alpha value is -1.59. The van der Waals surface area contributed by atoms with E-state index in [2.05, 4.69) is 5.32 Å². The van der Waals surface area contributed by atoms with E-state index in [0.717, 1.165) is 38.5 Å².